The van der Waals surface area contributed by atoms with E-state index in [1.165, 1.54) is 5.56 Å². The number of pyridine rings is 1. The van der Waals surface area contributed by atoms with E-state index in [0.717, 1.165) is 30.3 Å². The van der Waals surface area contributed by atoms with E-state index in [1.807, 2.05) is 24.5 Å². The monoisotopic (exact) mass is 244 g/mol. The highest BCUT2D eigenvalue weighted by Gasteiger charge is 2.05. The number of aromatic nitrogens is 3. The number of H-pyrrole nitrogens is 1. The standard InChI is InChI=1S/C14H20N4/c1-10(2)7-15-8-12-9-17-14(18-12)13-6-11(3)4-5-16-13/h4-6,9-10,15H,7-8H2,1-3H3,(H,17,18). The molecule has 2 aromatic heterocycles. The minimum Gasteiger partial charge on any atom is -0.339 e. The zero-order valence-corrected chi connectivity index (χ0v) is 11.2. The van der Waals surface area contributed by atoms with Crippen LogP contribution in [0.3, 0.4) is 0 Å². The average molecular weight is 244 g/mol. The van der Waals surface area contributed by atoms with E-state index in [-0.39, 0.29) is 0 Å². The van der Waals surface area contributed by atoms with Crippen LogP contribution in [0.25, 0.3) is 11.5 Å². The zero-order chi connectivity index (χ0) is 13.0. The van der Waals surface area contributed by atoms with Crippen LogP contribution in [0.2, 0.25) is 0 Å². The maximum absolute atomic E-state index is 4.37. The molecule has 96 valence electrons. The molecular weight excluding hydrogens is 224 g/mol. The molecule has 0 saturated heterocycles. The Labute approximate surface area is 108 Å². The van der Waals surface area contributed by atoms with Crippen molar-refractivity contribution in [3.63, 3.8) is 0 Å². The fourth-order valence-corrected chi connectivity index (χ4v) is 1.74. The lowest BCUT2D eigenvalue weighted by molar-refractivity contribution is 0.549. The van der Waals surface area contributed by atoms with Gasteiger partial charge in [0.15, 0.2) is 5.82 Å². The Morgan fingerprint density at radius 1 is 1.33 bits per heavy atom. The molecular formula is C14H20N4. The van der Waals surface area contributed by atoms with E-state index < -0.39 is 0 Å². The summed E-state index contributed by atoms with van der Waals surface area (Å²) in [6.07, 6.45) is 3.68. The molecule has 0 aromatic carbocycles. The summed E-state index contributed by atoms with van der Waals surface area (Å²) < 4.78 is 0. The van der Waals surface area contributed by atoms with Gasteiger partial charge in [0.25, 0.3) is 0 Å². The van der Waals surface area contributed by atoms with Crippen LogP contribution >= 0.6 is 0 Å². The first-order valence-corrected chi connectivity index (χ1v) is 6.33. The first-order valence-electron chi connectivity index (χ1n) is 6.33. The molecule has 0 spiro atoms. The van der Waals surface area contributed by atoms with Crippen LogP contribution < -0.4 is 5.32 Å². The number of hydrogen-bond donors (Lipinski definition) is 2. The maximum atomic E-state index is 4.37. The Balaban J connectivity index is 2.02. The largest absolute Gasteiger partial charge is 0.339 e. The highest BCUT2D eigenvalue weighted by molar-refractivity contribution is 5.50. The van der Waals surface area contributed by atoms with Crippen molar-refractivity contribution >= 4 is 0 Å². The van der Waals surface area contributed by atoms with Gasteiger partial charge in [-0.2, -0.15) is 0 Å². The van der Waals surface area contributed by atoms with E-state index >= 15 is 0 Å². The summed E-state index contributed by atoms with van der Waals surface area (Å²) >= 11 is 0. The Morgan fingerprint density at radius 2 is 2.17 bits per heavy atom. The first-order chi connectivity index (χ1) is 8.65. The fourth-order valence-electron chi connectivity index (χ4n) is 1.74. The summed E-state index contributed by atoms with van der Waals surface area (Å²) in [5.41, 5.74) is 3.18. The predicted molar refractivity (Wildman–Crippen MR) is 73.1 cm³/mol. The third-order valence-corrected chi connectivity index (χ3v) is 2.65. The molecule has 18 heavy (non-hydrogen) atoms. The van der Waals surface area contributed by atoms with Crippen LogP contribution in [0.1, 0.15) is 25.1 Å². The van der Waals surface area contributed by atoms with E-state index in [2.05, 4.69) is 41.0 Å². The molecule has 0 radical (unpaired) electrons. The minimum atomic E-state index is 0.658. The summed E-state index contributed by atoms with van der Waals surface area (Å²) in [4.78, 5) is 12.0. The summed E-state index contributed by atoms with van der Waals surface area (Å²) in [7, 11) is 0. The van der Waals surface area contributed by atoms with Crippen LogP contribution in [0, 0.1) is 12.8 Å². The van der Waals surface area contributed by atoms with Crippen LogP contribution in [-0.4, -0.2) is 21.5 Å². The quantitative estimate of drug-likeness (QED) is 0.849. The van der Waals surface area contributed by atoms with Gasteiger partial charge in [-0.05, 0) is 37.1 Å². The van der Waals surface area contributed by atoms with Gasteiger partial charge in [0.1, 0.15) is 5.69 Å². The lowest BCUT2D eigenvalue weighted by atomic mass is 10.2. The Morgan fingerprint density at radius 3 is 2.89 bits per heavy atom. The normalized spacial score (nSPS) is 11.1. The average Bonchev–Trinajstić information content (AvgIpc) is 2.77. The second-order valence-corrected chi connectivity index (χ2v) is 5.00. The highest BCUT2D eigenvalue weighted by atomic mass is 15.0. The lowest BCUT2D eigenvalue weighted by Gasteiger charge is -2.05. The van der Waals surface area contributed by atoms with E-state index in [1.54, 1.807) is 0 Å². The SMILES string of the molecule is Cc1ccnc(-c2ncc(CNCC(C)C)[nH]2)c1. The molecule has 0 saturated carbocycles. The second kappa shape index (κ2) is 5.78. The third kappa shape index (κ3) is 3.40. The second-order valence-electron chi connectivity index (χ2n) is 5.00. The molecule has 4 heteroatoms. The van der Waals surface area contributed by atoms with Crippen molar-refractivity contribution in [2.45, 2.75) is 27.3 Å². The van der Waals surface area contributed by atoms with Crippen LogP contribution in [0.5, 0.6) is 0 Å². The van der Waals surface area contributed by atoms with Gasteiger partial charge in [-0.3, -0.25) is 4.98 Å². The number of hydrogen-bond acceptors (Lipinski definition) is 3. The van der Waals surface area contributed by atoms with E-state index in [9.17, 15) is 0 Å². The molecule has 2 heterocycles. The Bertz CT molecular complexity index is 502. The highest BCUT2D eigenvalue weighted by Crippen LogP contribution is 2.13. The molecule has 0 aliphatic heterocycles. The number of aromatic amines is 1. The number of nitrogens with zero attached hydrogens (tertiary/aromatic N) is 2. The third-order valence-electron chi connectivity index (χ3n) is 2.65. The van der Waals surface area contributed by atoms with Crippen molar-refractivity contribution in [2.75, 3.05) is 6.54 Å². The minimum absolute atomic E-state index is 0.658. The Hall–Kier alpha value is -1.68. The van der Waals surface area contributed by atoms with E-state index in [0.29, 0.717) is 5.92 Å². The molecule has 0 amide bonds. The summed E-state index contributed by atoms with van der Waals surface area (Å²) in [5.74, 6) is 1.49. The number of aryl methyl sites for hydroxylation is 1. The van der Waals surface area contributed by atoms with Gasteiger partial charge < -0.3 is 10.3 Å². The van der Waals surface area contributed by atoms with Crippen LogP contribution in [0.15, 0.2) is 24.5 Å². The molecule has 2 aromatic rings. The van der Waals surface area contributed by atoms with Gasteiger partial charge in [-0.25, -0.2) is 4.98 Å². The molecule has 0 atom stereocenters. The fraction of sp³-hybridized carbons (Fsp3) is 0.429. The molecule has 2 rings (SSSR count). The Kier molecular flexibility index (Phi) is 4.10. The number of rotatable bonds is 5. The predicted octanol–water partition coefficient (Wildman–Crippen LogP) is 2.53. The van der Waals surface area contributed by atoms with Crippen molar-refractivity contribution in [3.05, 3.63) is 35.8 Å². The van der Waals surface area contributed by atoms with Gasteiger partial charge in [-0.1, -0.05) is 13.8 Å². The zero-order valence-electron chi connectivity index (χ0n) is 11.2. The maximum Gasteiger partial charge on any atom is 0.156 e. The molecule has 2 N–H and O–H groups in total. The van der Waals surface area contributed by atoms with Gasteiger partial charge in [-0.15, -0.1) is 0 Å². The summed E-state index contributed by atoms with van der Waals surface area (Å²) in [5, 5.41) is 3.39. The molecule has 0 aliphatic carbocycles. The van der Waals surface area contributed by atoms with Gasteiger partial charge in [0.2, 0.25) is 0 Å². The van der Waals surface area contributed by atoms with Crippen molar-refractivity contribution in [1.82, 2.24) is 20.3 Å². The summed E-state index contributed by atoms with van der Waals surface area (Å²) in [6.45, 7) is 8.28. The van der Waals surface area contributed by atoms with Crippen molar-refractivity contribution in [2.24, 2.45) is 5.92 Å². The summed E-state index contributed by atoms with van der Waals surface area (Å²) in [6, 6.07) is 4.02. The van der Waals surface area contributed by atoms with Crippen molar-refractivity contribution < 1.29 is 0 Å². The van der Waals surface area contributed by atoms with E-state index in [4.69, 9.17) is 0 Å². The molecule has 0 fully saturated rings. The number of nitrogens with one attached hydrogen (secondary N) is 2. The van der Waals surface area contributed by atoms with Gasteiger partial charge >= 0.3 is 0 Å². The number of imidazole rings is 1. The molecule has 0 unspecified atom stereocenters. The molecule has 0 aliphatic rings. The topological polar surface area (TPSA) is 53.6 Å². The molecule has 4 nitrogen and oxygen atoms in total. The van der Waals surface area contributed by atoms with Gasteiger partial charge in [0.05, 0.1) is 6.20 Å². The first kappa shape index (κ1) is 12.8. The van der Waals surface area contributed by atoms with Crippen LogP contribution in [0.4, 0.5) is 0 Å². The lowest BCUT2D eigenvalue weighted by Crippen LogP contribution is -2.19. The van der Waals surface area contributed by atoms with Gasteiger partial charge in [0, 0.05) is 18.4 Å². The van der Waals surface area contributed by atoms with Crippen molar-refractivity contribution in [3.8, 4) is 11.5 Å². The van der Waals surface area contributed by atoms with Crippen LogP contribution in [-0.2, 0) is 6.54 Å². The molecule has 0 bridgehead atoms. The van der Waals surface area contributed by atoms with Crippen molar-refractivity contribution in [1.29, 1.82) is 0 Å². The smallest absolute Gasteiger partial charge is 0.156 e.